The van der Waals surface area contributed by atoms with Crippen molar-refractivity contribution in [2.75, 3.05) is 0 Å². The van der Waals surface area contributed by atoms with E-state index in [2.05, 4.69) is 10.2 Å². The second-order valence-corrected chi connectivity index (χ2v) is 3.75. The molecule has 0 aliphatic rings. The molecule has 0 saturated carbocycles. The summed E-state index contributed by atoms with van der Waals surface area (Å²) in [6.07, 6.45) is 0. The van der Waals surface area contributed by atoms with E-state index in [1.54, 1.807) is 0 Å². The monoisotopic (exact) mass is 269 g/mol. The van der Waals surface area contributed by atoms with Gasteiger partial charge in [-0.05, 0) is 6.07 Å². The van der Waals surface area contributed by atoms with Gasteiger partial charge in [0.15, 0.2) is 5.82 Å². The van der Waals surface area contributed by atoms with Crippen molar-refractivity contribution in [3.63, 3.8) is 0 Å². The molecule has 100 valence electrons. The molecular formula is C10H9F2N5O2. The van der Waals surface area contributed by atoms with E-state index in [1.807, 2.05) is 0 Å². The van der Waals surface area contributed by atoms with Crippen molar-refractivity contribution in [1.82, 2.24) is 14.8 Å². The Bertz CT molecular complexity index is 656. The number of hydrogen-bond acceptors (Lipinski definition) is 5. The SMILES string of the molecule is Cn1c(CN)nnc1-c1cc(F)cc([N+](=O)[O-])c1F. The summed E-state index contributed by atoms with van der Waals surface area (Å²) in [5.41, 5.74) is 4.11. The van der Waals surface area contributed by atoms with Crippen molar-refractivity contribution in [3.05, 3.63) is 39.7 Å². The van der Waals surface area contributed by atoms with Crippen LogP contribution in [0.25, 0.3) is 11.4 Å². The van der Waals surface area contributed by atoms with Crippen molar-refractivity contribution in [1.29, 1.82) is 0 Å². The molecular weight excluding hydrogens is 260 g/mol. The summed E-state index contributed by atoms with van der Waals surface area (Å²) in [6.45, 7) is 0.0581. The predicted octanol–water partition coefficient (Wildman–Crippen LogP) is 1.13. The maximum absolute atomic E-state index is 14.0. The highest BCUT2D eigenvalue weighted by Gasteiger charge is 2.24. The minimum absolute atomic E-state index is 0.0273. The predicted molar refractivity (Wildman–Crippen MR) is 60.9 cm³/mol. The summed E-state index contributed by atoms with van der Waals surface area (Å²) >= 11 is 0. The number of nitro groups is 1. The highest BCUT2D eigenvalue weighted by atomic mass is 19.1. The number of halogens is 2. The van der Waals surface area contributed by atoms with Gasteiger partial charge in [-0.25, -0.2) is 4.39 Å². The van der Waals surface area contributed by atoms with Crippen LogP contribution in [0.1, 0.15) is 5.82 Å². The van der Waals surface area contributed by atoms with Gasteiger partial charge < -0.3 is 10.3 Å². The molecule has 0 saturated heterocycles. The molecule has 0 unspecified atom stereocenters. The summed E-state index contributed by atoms with van der Waals surface area (Å²) in [5.74, 6) is -1.77. The van der Waals surface area contributed by atoms with Crippen LogP contribution in [0.2, 0.25) is 0 Å². The van der Waals surface area contributed by atoms with Crippen LogP contribution in [-0.4, -0.2) is 19.7 Å². The molecule has 2 aromatic rings. The molecule has 0 bridgehead atoms. The van der Waals surface area contributed by atoms with Crippen molar-refractivity contribution in [2.24, 2.45) is 12.8 Å². The second-order valence-electron chi connectivity index (χ2n) is 3.75. The molecule has 7 nitrogen and oxygen atoms in total. The number of nitrogens with two attached hydrogens (primary N) is 1. The Balaban J connectivity index is 2.68. The van der Waals surface area contributed by atoms with Gasteiger partial charge in [0.05, 0.1) is 23.1 Å². The molecule has 1 aromatic heterocycles. The molecule has 0 aliphatic carbocycles. The number of rotatable bonds is 3. The Morgan fingerprint density at radius 2 is 2.11 bits per heavy atom. The fourth-order valence-electron chi connectivity index (χ4n) is 1.64. The standard InChI is InChI=1S/C10H9F2N5O2/c1-16-8(4-13)14-15-10(16)6-2-5(11)3-7(9(6)12)17(18)19/h2-3H,4,13H2,1H3. The highest BCUT2D eigenvalue weighted by molar-refractivity contribution is 5.61. The van der Waals surface area contributed by atoms with Gasteiger partial charge in [-0.3, -0.25) is 10.1 Å². The van der Waals surface area contributed by atoms with Crippen LogP contribution in [0.4, 0.5) is 14.5 Å². The van der Waals surface area contributed by atoms with Crippen molar-refractivity contribution in [2.45, 2.75) is 6.54 Å². The van der Waals surface area contributed by atoms with Crippen LogP contribution >= 0.6 is 0 Å². The van der Waals surface area contributed by atoms with E-state index in [1.165, 1.54) is 11.6 Å². The Hall–Kier alpha value is -2.42. The number of benzene rings is 1. The van der Waals surface area contributed by atoms with Gasteiger partial charge in [0.2, 0.25) is 5.82 Å². The summed E-state index contributed by atoms with van der Waals surface area (Å²) in [5, 5.41) is 18.0. The van der Waals surface area contributed by atoms with Gasteiger partial charge in [-0.2, -0.15) is 4.39 Å². The molecule has 2 rings (SSSR count). The lowest BCUT2D eigenvalue weighted by Gasteiger charge is -2.04. The van der Waals surface area contributed by atoms with Crippen LogP contribution in [0.3, 0.4) is 0 Å². The van der Waals surface area contributed by atoms with Gasteiger partial charge in [0, 0.05) is 7.05 Å². The fraction of sp³-hybridized carbons (Fsp3) is 0.200. The van der Waals surface area contributed by atoms with E-state index < -0.39 is 22.2 Å². The quantitative estimate of drug-likeness (QED) is 0.665. The number of nitrogens with zero attached hydrogens (tertiary/aromatic N) is 4. The normalized spacial score (nSPS) is 10.7. The third kappa shape index (κ3) is 2.15. The van der Waals surface area contributed by atoms with Gasteiger partial charge in [-0.1, -0.05) is 0 Å². The summed E-state index contributed by atoms with van der Waals surface area (Å²) in [7, 11) is 1.51. The Kier molecular flexibility index (Phi) is 3.21. The summed E-state index contributed by atoms with van der Waals surface area (Å²) < 4.78 is 28.6. The molecule has 0 amide bonds. The van der Waals surface area contributed by atoms with Gasteiger partial charge in [0.1, 0.15) is 11.6 Å². The summed E-state index contributed by atoms with van der Waals surface area (Å²) in [6, 6.07) is 1.34. The zero-order valence-electron chi connectivity index (χ0n) is 9.80. The first-order chi connectivity index (χ1) is 8.95. The molecule has 0 fully saturated rings. The topological polar surface area (TPSA) is 99.9 Å². The van der Waals surface area contributed by atoms with Gasteiger partial charge in [0.25, 0.3) is 0 Å². The summed E-state index contributed by atoms with van der Waals surface area (Å²) in [4.78, 5) is 9.64. The smallest absolute Gasteiger partial charge is 0.308 e. The van der Waals surface area contributed by atoms with E-state index in [-0.39, 0.29) is 17.9 Å². The lowest BCUT2D eigenvalue weighted by Crippen LogP contribution is -2.06. The van der Waals surface area contributed by atoms with E-state index in [0.29, 0.717) is 11.9 Å². The largest absolute Gasteiger partial charge is 0.324 e. The first-order valence-electron chi connectivity index (χ1n) is 5.17. The molecule has 0 atom stereocenters. The number of aromatic nitrogens is 3. The molecule has 0 radical (unpaired) electrons. The Morgan fingerprint density at radius 3 is 2.63 bits per heavy atom. The first-order valence-corrected chi connectivity index (χ1v) is 5.17. The third-order valence-corrected chi connectivity index (χ3v) is 2.60. The van der Waals surface area contributed by atoms with Crippen LogP contribution in [0.5, 0.6) is 0 Å². The molecule has 1 heterocycles. The second kappa shape index (κ2) is 4.69. The average molecular weight is 269 g/mol. The third-order valence-electron chi connectivity index (χ3n) is 2.60. The first kappa shape index (κ1) is 13.0. The lowest BCUT2D eigenvalue weighted by molar-refractivity contribution is -0.387. The minimum Gasteiger partial charge on any atom is -0.324 e. The highest BCUT2D eigenvalue weighted by Crippen LogP contribution is 2.29. The van der Waals surface area contributed by atoms with E-state index in [4.69, 9.17) is 5.73 Å². The molecule has 0 aliphatic heterocycles. The molecule has 2 N–H and O–H groups in total. The van der Waals surface area contributed by atoms with Crippen molar-refractivity contribution in [3.8, 4) is 11.4 Å². The average Bonchev–Trinajstić information content (AvgIpc) is 2.72. The Morgan fingerprint density at radius 1 is 1.42 bits per heavy atom. The van der Waals surface area contributed by atoms with E-state index >= 15 is 0 Å². The van der Waals surface area contributed by atoms with Gasteiger partial charge >= 0.3 is 5.69 Å². The molecule has 0 spiro atoms. The molecule has 19 heavy (non-hydrogen) atoms. The zero-order valence-corrected chi connectivity index (χ0v) is 9.80. The van der Waals surface area contributed by atoms with Crippen LogP contribution in [0, 0.1) is 21.7 Å². The van der Waals surface area contributed by atoms with Gasteiger partial charge in [-0.15, -0.1) is 10.2 Å². The maximum Gasteiger partial charge on any atom is 0.308 e. The molecule has 9 heteroatoms. The zero-order chi connectivity index (χ0) is 14.2. The van der Waals surface area contributed by atoms with Crippen molar-refractivity contribution >= 4 is 5.69 Å². The van der Waals surface area contributed by atoms with Crippen LogP contribution in [0.15, 0.2) is 12.1 Å². The van der Waals surface area contributed by atoms with E-state index in [0.717, 1.165) is 6.07 Å². The maximum atomic E-state index is 14.0. The Labute approximate surface area is 105 Å². The number of nitro benzene ring substituents is 1. The van der Waals surface area contributed by atoms with Crippen molar-refractivity contribution < 1.29 is 13.7 Å². The van der Waals surface area contributed by atoms with Crippen LogP contribution < -0.4 is 5.73 Å². The van der Waals surface area contributed by atoms with Crippen LogP contribution in [-0.2, 0) is 13.6 Å². The lowest BCUT2D eigenvalue weighted by atomic mass is 10.1. The minimum atomic E-state index is -1.16. The number of hydrogen-bond donors (Lipinski definition) is 1. The van der Waals surface area contributed by atoms with E-state index in [9.17, 15) is 18.9 Å². The molecule has 1 aromatic carbocycles. The fourth-order valence-corrected chi connectivity index (χ4v) is 1.64.